The van der Waals surface area contributed by atoms with Crippen LogP contribution in [0.25, 0.3) is 0 Å². The molecule has 1 heterocycles. The number of likely N-dealkylation sites (N-methyl/N-ethyl adjacent to an activating group) is 1. The van der Waals surface area contributed by atoms with E-state index in [0.717, 1.165) is 11.1 Å². The maximum absolute atomic E-state index is 12.4. The van der Waals surface area contributed by atoms with Crippen LogP contribution in [-0.2, 0) is 27.2 Å². The van der Waals surface area contributed by atoms with Crippen LogP contribution < -0.4 is 10.6 Å². The molecule has 6 heteroatoms. The molecule has 0 radical (unpaired) electrons. The average molecular weight is 338 g/mol. The van der Waals surface area contributed by atoms with Gasteiger partial charge in [-0.05, 0) is 29.3 Å². The third-order valence-electron chi connectivity index (χ3n) is 4.05. The average Bonchev–Trinajstić information content (AvgIpc) is 2.63. The molecule has 1 aliphatic heterocycles. The van der Waals surface area contributed by atoms with Gasteiger partial charge in [0, 0.05) is 19.2 Å². The van der Waals surface area contributed by atoms with Crippen molar-refractivity contribution in [2.75, 3.05) is 12.4 Å². The summed E-state index contributed by atoms with van der Waals surface area (Å²) in [6.07, 6.45) is -0.225. The van der Waals surface area contributed by atoms with Crippen molar-refractivity contribution in [2.45, 2.75) is 18.9 Å². The molecule has 2 aromatic rings. The standard InChI is InChI=1S/C19H18N2O4/c1-20-17(22)10-12-6-8-14(9-7-12)21-18(23)16-11-13-4-2-3-5-15(13)19(24)25-16/h2-9,16H,10-11H2,1H3,(H,20,22)(H,21,23). The van der Waals surface area contributed by atoms with Crippen molar-refractivity contribution in [3.8, 4) is 0 Å². The van der Waals surface area contributed by atoms with Crippen LogP contribution in [-0.4, -0.2) is 30.9 Å². The van der Waals surface area contributed by atoms with Gasteiger partial charge in [0.1, 0.15) is 0 Å². The number of nitrogens with one attached hydrogen (secondary N) is 2. The molecule has 0 saturated heterocycles. The third kappa shape index (κ3) is 3.85. The van der Waals surface area contributed by atoms with E-state index in [4.69, 9.17) is 4.74 Å². The molecule has 2 N–H and O–H groups in total. The van der Waals surface area contributed by atoms with E-state index in [1.165, 1.54) is 0 Å². The number of esters is 1. The second-order valence-electron chi connectivity index (χ2n) is 5.79. The van der Waals surface area contributed by atoms with Gasteiger partial charge in [-0.2, -0.15) is 0 Å². The summed E-state index contributed by atoms with van der Waals surface area (Å²) >= 11 is 0. The zero-order valence-electron chi connectivity index (χ0n) is 13.7. The molecule has 1 unspecified atom stereocenters. The quantitative estimate of drug-likeness (QED) is 0.831. The number of anilines is 1. The van der Waals surface area contributed by atoms with Crippen LogP contribution in [0, 0.1) is 0 Å². The van der Waals surface area contributed by atoms with Crippen molar-refractivity contribution in [2.24, 2.45) is 0 Å². The van der Waals surface area contributed by atoms with Gasteiger partial charge in [0.2, 0.25) is 5.91 Å². The Morgan fingerprint density at radius 3 is 2.56 bits per heavy atom. The first-order valence-corrected chi connectivity index (χ1v) is 7.96. The molecule has 0 aliphatic carbocycles. The van der Waals surface area contributed by atoms with Crippen LogP contribution in [0.1, 0.15) is 21.5 Å². The Hall–Kier alpha value is -3.15. The summed E-state index contributed by atoms with van der Waals surface area (Å²) in [5.41, 5.74) is 2.74. The van der Waals surface area contributed by atoms with Gasteiger partial charge < -0.3 is 15.4 Å². The number of ether oxygens (including phenoxy) is 1. The van der Waals surface area contributed by atoms with Crippen LogP contribution in [0.3, 0.4) is 0 Å². The number of benzene rings is 2. The van der Waals surface area contributed by atoms with Crippen LogP contribution >= 0.6 is 0 Å². The van der Waals surface area contributed by atoms with E-state index in [1.807, 2.05) is 12.1 Å². The lowest BCUT2D eigenvalue weighted by molar-refractivity contribution is -0.125. The normalized spacial score (nSPS) is 15.7. The van der Waals surface area contributed by atoms with Crippen molar-refractivity contribution >= 4 is 23.5 Å². The van der Waals surface area contributed by atoms with Crippen molar-refractivity contribution in [3.05, 3.63) is 65.2 Å². The van der Waals surface area contributed by atoms with E-state index in [1.54, 1.807) is 43.4 Å². The van der Waals surface area contributed by atoms with E-state index in [0.29, 0.717) is 17.7 Å². The Kier molecular flexibility index (Phi) is 4.79. The smallest absolute Gasteiger partial charge is 0.339 e. The summed E-state index contributed by atoms with van der Waals surface area (Å²) in [6, 6.07) is 14.1. The Balaban J connectivity index is 1.65. The van der Waals surface area contributed by atoms with Crippen LogP contribution in [0.5, 0.6) is 0 Å². The van der Waals surface area contributed by atoms with Gasteiger partial charge in [0.05, 0.1) is 12.0 Å². The zero-order valence-corrected chi connectivity index (χ0v) is 13.7. The first-order chi connectivity index (χ1) is 12.1. The Bertz CT molecular complexity index is 814. The molecule has 1 aliphatic rings. The summed E-state index contributed by atoms with van der Waals surface area (Å²) in [5, 5.41) is 5.30. The lowest BCUT2D eigenvalue weighted by Gasteiger charge is -2.23. The maximum Gasteiger partial charge on any atom is 0.339 e. The summed E-state index contributed by atoms with van der Waals surface area (Å²) < 4.78 is 5.23. The van der Waals surface area contributed by atoms with Gasteiger partial charge in [-0.25, -0.2) is 4.79 Å². The molecule has 128 valence electrons. The molecule has 0 fully saturated rings. The molecule has 3 rings (SSSR count). The number of carbonyl (C=O) groups is 3. The highest BCUT2D eigenvalue weighted by molar-refractivity contribution is 6.00. The summed E-state index contributed by atoms with van der Waals surface area (Å²) in [4.78, 5) is 35.7. The van der Waals surface area contributed by atoms with Gasteiger partial charge in [-0.1, -0.05) is 30.3 Å². The number of amides is 2. The van der Waals surface area contributed by atoms with E-state index < -0.39 is 12.1 Å². The first-order valence-electron chi connectivity index (χ1n) is 7.96. The Morgan fingerprint density at radius 1 is 1.12 bits per heavy atom. The topological polar surface area (TPSA) is 84.5 Å². The molecule has 6 nitrogen and oxygen atoms in total. The molecular formula is C19H18N2O4. The second kappa shape index (κ2) is 7.17. The molecule has 2 aromatic carbocycles. The predicted molar refractivity (Wildman–Crippen MR) is 92.2 cm³/mol. The van der Waals surface area contributed by atoms with Crippen LogP contribution in [0.2, 0.25) is 0 Å². The Morgan fingerprint density at radius 2 is 1.84 bits per heavy atom. The molecule has 2 amide bonds. The minimum Gasteiger partial charge on any atom is -0.448 e. The predicted octanol–water partition coefficient (Wildman–Crippen LogP) is 1.70. The Labute approximate surface area is 145 Å². The number of rotatable bonds is 4. The number of hydrogen-bond donors (Lipinski definition) is 2. The lowest BCUT2D eigenvalue weighted by Crippen LogP contribution is -2.37. The molecule has 0 aromatic heterocycles. The van der Waals surface area contributed by atoms with Gasteiger partial charge in [0.15, 0.2) is 6.10 Å². The first kappa shape index (κ1) is 16.7. The minimum absolute atomic E-state index is 0.0791. The van der Waals surface area contributed by atoms with Gasteiger partial charge >= 0.3 is 5.97 Å². The number of fused-ring (bicyclic) bond motifs is 1. The highest BCUT2D eigenvalue weighted by Gasteiger charge is 2.31. The molecule has 0 bridgehead atoms. The molecule has 0 saturated carbocycles. The van der Waals surface area contributed by atoms with Crippen LogP contribution in [0.15, 0.2) is 48.5 Å². The molecule has 0 spiro atoms. The van der Waals surface area contributed by atoms with Gasteiger partial charge in [-0.3, -0.25) is 9.59 Å². The van der Waals surface area contributed by atoms with Crippen molar-refractivity contribution < 1.29 is 19.1 Å². The summed E-state index contributed by atoms with van der Waals surface area (Å²) in [5.74, 6) is -0.936. The number of carbonyl (C=O) groups excluding carboxylic acids is 3. The highest BCUT2D eigenvalue weighted by Crippen LogP contribution is 2.21. The summed E-state index contributed by atoms with van der Waals surface area (Å²) in [6.45, 7) is 0. The van der Waals surface area contributed by atoms with E-state index in [9.17, 15) is 14.4 Å². The number of hydrogen-bond acceptors (Lipinski definition) is 4. The second-order valence-corrected chi connectivity index (χ2v) is 5.79. The fourth-order valence-electron chi connectivity index (χ4n) is 2.68. The third-order valence-corrected chi connectivity index (χ3v) is 4.05. The van der Waals surface area contributed by atoms with E-state index in [2.05, 4.69) is 10.6 Å². The van der Waals surface area contributed by atoms with Crippen molar-refractivity contribution in [1.29, 1.82) is 0 Å². The minimum atomic E-state index is -0.854. The highest BCUT2D eigenvalue weighted by atomic mass is 16.5. The maximum atomic E-state index is 12.4. The lowest BCUT2D eigenvalue weighted by atomic mass is 9.98. The molecular weight excluding hydrogens is 320 g/mol. The SMILES string of the molecule is CNC(=O)Cc1ccc(NC(=O)C2Cc3ccccc3C(=O)O2)cc1. The van der Waals surface area contributed by atoms with E-state index in [-0.39, 0.29) is 18.2 Å². The fourth-order valence-corrected chi connectivity index (χ4v) is 2.68. The van der Waals surface area contributed by atoms with Gasteiger partial charge in [0.25, 0.3) is 5.91 Å². The molecule has 25 heavy (non-hydrogen) atoms. The van der Waals surface area contributed by atoms with Crippen molar-refractivity contribution in [1.82, 2.24) is 5.32 Å². The fraction of sp³-hybridized carbons (Fsp3) is 0.211. The van der Waals surface area contributed by atoms with Crippen molar-refractivity contribution in [3.63, 3.8) is 0 Å². The van der Waals surface area contributed by atoms with Gasteiger partial charge in [-0.15, -0.1) is 0 Å². The largest absolute Gasteiger partial charge is 0.448 e. The molecule has 1 atom stereocenters. The monoisotopic (exact) mass is 338 g/mol. The zero-order chi connectivity index (χ0) is 17.8. The number of cyclic esters (lactones) is 1. The summed E-state index contributed by atoms with van der Waals surface area (Å²) in [7, 11) is 1.58. The van der Waals surface area contributed by atoms with Crippen LogP contribution in [0.4, 0.5) is 5.69 Å². The van der Waals surface area contributed by atoms with E-state index >= 15 is 0 Å².